The standard InChI is InChI=1S/C15H14N2OS/c1-2-5-12-10(4-1)11(8-16-12)13-9-19-15(17-13)14-6-3-7-18-14/h1-2,4-5,8-9,14,16H,3,6-7H2. The van der Waals surface area contributed by atoms with Gasteiger partial charge in [0.05, 0.1) is 5.69 Å². The van der Waals surface area contributed by atoms with Gasteiger partial charge in [-0.2, -0.15) is 0 Å². The summed E-state index contributed by atoms with van der Waals surface area (Å²) in [4.78, 5) is 8.06. The third-order valence-corrected chi connectivity index (χ3v) is 4.53. The van der Waals surface area contributed by atoms with Crippen molar-refractivity contribution in [3.63, 3.8) is 0 Å². The zero-order chi connectivity index (χ0) is 12.7. The Balaban J connectivity index is 1.76. The van der Waals surface area contributed by atoms with E-state index in [1.54, 1.807) is 11.3 Å². The second kappa shape index (κ2) is 4.47. The van der Waals surface area contributed by atoms with E-state index in [1.807, 2.05) is 12.3 Å². The lowest BCUT2D eigenvalue weighted by Crippen LogP contribution is -1.94. The Morgan fingerprint density at radius 3 is 3.16 bits per heavy atom. The minimum atomic E-state index is 0.212. The van der Waals surface area contributed by atoms with E-state index in [4.69, 9.17) is 9.72 Å². The molecule has 96 valence electrons. The number of nitrogens with one attached hydrogen (secondary N) is 1. The Morgan fingerprint density at radius 2 is 2.26 bits per heavy atom. The van der Waals surface area contributed by atoms with Crippen LogP contribution in [-0.4, -0.2) is 16.6 Å². The second-order valence-electron chi connectivity index (χ2n) is 4.82. The molecule has 0 radical (unpaired) electrons. The van der Waals surface area contributed by atoms with Crippen LogP contribution >= 0.6 is 11.3 Å². The topological polar surface area (TPSA) is 37.9 Å². The minimum Gasteiger partial charge on any atom is -0.371 e. The van der Waals surface area contributed by atoms with E-state index in [0.29, 0.717) is 0 Å². The van der Waals surface area contributed by atoms with Gasteiger partial charge in [-0.05, 0) is 18.9 Å². The predicted molar refractivity (Wildman–Crippen MR) is 77.3 cm³/mol. The molecule has 0 saturated carbocycles. The molecule has 1 N–H and O–H groups in total. The van der Waals surface area contributed by atoms with Crippen molar-refractivity contribution in [3.05, 3.63) is 40.8 Å². The molecule has 3 heterocycles. The quantitative estimate of drug-likeness (QED) is 0.760. The van der Waals surface area contributed by atoms with Crippen LogP contribution in [0.2, 0.25) is 0 Å². The maximum atomic E-state index is 5.70. The van der Waals surface area contributed by atoms with Crippen LogP contribution in [-0.2, 0) is 4.74 Å². The molecular weight excluding hydrogens is 256 g/mol. The molecule has 0 bridgehead atoms. The van der Waals surface area contributed by atoms with E-state index < -0.39 is 0 Å². The Hall–Kier alpha value is -1.65. The zero-order valence-electron chi connectivity index (χ0n) is 10.4. The largest absolute Gasteiger partial charge is 0.371 e. The van der Waals surface area contributed by atoms with Crippen LogP contribution in [0.4, 0.5) is 0 Å². The highest BCUT2D eigenvalue weighted by molar-refractivity contribution is 7.10. The lowest BCUT2D eigenvalue weighted by Gasteiger charge is -2.03. The Labute approximate surface area is 115 Å². The summed E-state index contributed by atoms with van der Waals surface area (Å²) in [5, 5.41) is 4.47. The average Bonchev–Trinajstić information content (AvgIpc) is 3.18. The van der Waals surface area contributed by atoms with Crippen molar-refractivity contribution in [2.75, 3.05) is 6.61 Å². The molecule has 0 amide bonds. The van der Waals surface area contributed by atoms with E-state index >= 15 is 0 Å². The number of rotatable bonds is 2. The maximum Gasteiger partial charge on any atom is 0.122 e. The van der Waals surface area contributed by atoms with E-state index in [9.17, 15) is 0 Å². The molecule has 4 rings (SSSR count). The lowest BCUT2D eigenvalue weighted by atomic mass is 10.1. The molecular formula is C15H14N2OS. The van der Waals surface area contributed by atoms with Gasteiger partial charge in [-0.25, -0.2) is 4.98 Å². The van der Waals surface area contributed by atoms with Crippen molar-refractivity contribution >= 4 is 22.2 Å². The van der Waals surface area contributed by atoms with Crippen LogP contribution in [0, 0.1) is 0 Å². The molecule has 1 saturated heterocycles. The number of hydrogen-bond acceptors (Lipinski definition) is 3. The van der Waals surface area contributed by atoms with Gasteiger partial charge in [-0.15, -0.1) is 11.3 Å². The maximum absolute atomic E-state index is 5.70. The molecule has 4 heteroatoms. The summed E-state index contributed by atoms with van der Waals surface area (Å²) in [6.07, 6.45) is 4.50. The monoisotopic (exact) mass is 270 g/mol. The van der Waals surface area contributed by atoms with Gasteiger partial charge in [0.15, 0.2) is 0 Å². The summed E-state index contributed by atoms with van der Waals surface area (Å²) in [5.74, 6) is 0. The number of fused-ring (bicyclic) bond motifs is 1. The summed E-state index contributed by atoms with van der Waals surface area (Å²) in [6, 6.07) is 8.33. The summed E-state index contributed by atoms with van der Waals surface area (Å²) in [5.41, 5.74) is 3.38. The fraction of sp³-hybridized carbons (Fsp3) is 0.267. The minimum absolute atomic E-state index is 0.212. The smallest absolute Gasteiger partial charge is 0.122 e. The van der Waals surface area contributed by atoms with E-state index in [0.717, 1.165) is 35.7 Å². The van der Waals surface area contributed by atoms with Crippen LogP contribution in [0.25, 0.3) is 22.2 Å². The van der Waals surface area contributed by atoms with Gasteiger partial charge < -0.3 is 9.72 Å². The number of ether oxygens (including phenoxy) is 1. The molecule has 1 fully saturated rings. The van der Waals surface area contributed by atoms with Crippen molar-refractivity contribution in [1.29, 1.82) is 0 Å². The van der Waals surface area contributed by atoms with Crippen LogP contribution < -0.4 is 0 Å². The number of aromatic amines is 1. The molecule has 3 aromatic rings. The van der Waals surface area contributed by atoms with Crippen LogP contribution in [0.5, 0.6) is 0 Å². The molecule has 2 aromatic heterocycles. The number of aromatic nitrogens is 2. The van der Waals surface area contributed by atoms with Crippen molar-refractivity contribution in [1.82, 2.24) is 9.97 Å². The Kier molecular flexibility index (Phi) is 2.64. The fourth-order valence-electron chi connectivity index (χ4n) is 2.62. The third kappa shape index (κ3) is 1.88. The van der Waals surface area contributed by atoms with Crippen molar-refractivity contribution < 1.29 is 4.74 Å². The number of nitrogens with zero attached hydrogens (tertiary/aromatic N) is 1. The summed E-state index contributed by atoms with van der Waals surface area (Å²) < 4.78 is 5.70. The first-order valence-corrected chi connectivity index (χ1v) is 7.43. The highest BCUT2D eigenvalue weighted by Gasteiger charge is 2.21. The molecule has 0 aliphatic carbocycles. The molecule has 3 nitrogen and oxygen atoms in total. The molecule has 0 spiro atoms. The summed E-state index contributed by atoms with van der Waals surface area (Å²) in [7, 11) is 0. The Morgan fingerprint density at radius 1 is 1.32 bits per heavy atom. The lowest BCUT2D eigenvalue weighted by molar-refractivity contribution is 0.112. The molecule has 1 atom stereocenters. The van der Waals surface area contributed by atoms with Crippen molar-refractivity contribution in [2.24, 2.45) is 0 Å². The number of thiazole rings is 1. The number of H-pyrrole nitrogens is 1. The van der Waals surface area contributed by atoms with E-state index in [2.05, 4.69) is 28.6 Å². The van der Waals surface area contributed by atoms with Gasteiger partial charge in [0, 0.05) is 34.7 Å². The normalized spacial score (nSPS) is 19.3. The Bertz CT molecular complexity index is 710. The highest BCUT2D eigenvalue weighted by Crippen LogP contribution is 2.35. The van der Waals surface area contributed by atoms with Gasteiger partial charge >= 0.3 is 0 Å². The van der Waals surface area contributed by atoms with Gasteiger partial charge in [-0.1, -0.05) is 18.2 Å². The molecule has 1 aliphatic heterocycles. The van der Waals surface area contributed by atoms with Gasteiger partial charge in [0.2, 0.25) is 0 Å². The second-order valence-corrected chi connectivity index (χ2v) is 5.71. The van der Waals surface area contributed by atoms with Gasteiger partial charge in [0.25, 0.3) is 0 Å². The first kappa shape index (κ1) is 11.2. The molecule has 1 aromatic carbocycles. The number of hydrogen-bond donors (Lipinski definition) is 1. The third-order valence-electron chi connectivity index (χ3n) is 3.59. The van der Waals surface area contributed by atoms with E-state index in [-0.39, 0.29) is 6.10 Å². The summed E-state index contributed by atoms with van der Waals surface area (Å²) in [6.45, 7) is 0.868. The van der Waals surface area contributed by atoms with Crippen LogP contribution in [0.3, 0.4) is 0 Å². The summed E-state index contributed by atoms with van der Waals surface area (Å²) >= 11 is 1.70. The first-order chi connectivity index (χ1) is 9.42. The first-order valence-electron chi connectivity index (χ1n) is 6.55. The van der Waals surface area contributed by atoms with Crippen molar-refractivity contribution in [3.8, 4) is 11.3 Å². The zero-order valence-corrected chi connectivity index (χ0v) is 11.2. The van der Waals surface area contributed by atoms with Crippen molar-refractivity contribution in [2.45, 2.75) is 18.9 Å². The SMILES string of the molecule is c1ccc2c(-c3csc(C4CCCO4)n3)c[nH]c2c1. The number of benzene rings is 1. The van der Waals surface area contributed by atoms with E-state index in [1.165, 1.54) is 10.9 Å². The number of para-hydroxylation sites is 1. The van der Waals surface area contributed by atoms with Crippen LogP contribution in [0.15, 0.2) is 35.8 Å². The predicted octanol–water partition coefficient (Wildman–Crippen LogP) is 4.14. The fourth-order valence-corrected chi connectivity index (χ4v) is 3.52. The highest BCUT2D eigenvalue weighted by atomic mass is 32.1. The molecule has 1 unspecified atom stereocenters. The van der Waals surface area contributed by atoms with Crippen LogP contribution in [0.1, 0.15) is 24.0 Å². The van der Waals surface area contributed by atoms with Gasteiger partial charge in [-0.3, -0.25) is 0 Å². The van der Waals surface area contributed by atoms with Gasteiger partial charge in [0.1, 0.15) is 11.1 Å². The average molecular weight is 270 g/mol. The molecule has 1 aliphatic rings. The molecule has 19 heavy (non-hydrogen) atoms.